The fourth-order valence-corrected chi connectivity index (χ4v) is 2.85. The van der Waals surface area contributed by atoms with Crippen molar-refractivity contribution in [1.29, 1.82) is 0 Å². The van der Waals surface area contributed by atoms with Crippen molar-refractivity contribution in [2.45, 2.75) is 27.2 Å². The van der Waals surface area contributed by atoms with E-state index in [1.165, 1.54) is 6.07 Å². The predicted octanol–water partition coefficient (Wildman–Crippen LogP) is 3.36. The van der Waals surface area contributed by atoms with E-state index in [1.54, 1.807) is 20.0 Å². The molecule has 122 valence electrons. The first-order valence-electron chi connectivity index (χ1n) is 7.35. The van der Waals surface area contributed by atoms with E-state index < -0.39 is 0 Å². The number of allylic oxidation sites excluding steroid dienone is 1. The number of halogens is 2. The van der Waals surface area contributed by atoms with Crippen LogP contribution in [0.4, 0.5) is 4.39 Å². The number of amides is 1. The zero-order chi connectivity index (χ0) is 16.9. The van der Waals surface area contributed by atoms with Crippen molar-refractivity contribution in [3.8, 4) is 0 Å². The highest BCUT2D eigenvalue weighted by Gasteiger charge is 2.18. The van der Waals surface area contributed by atoms with Gasteiger partial charge in [-0.15, -0.1) is 0 Å². The summed E-state index contributed by atoms with van der Waals surface area (Å²) in [6.45, 7) is 6.39. The third-order valence-corrected chi connectivity index (χ3v) is 4.82. The Labute approximate surface area is 140 Å². The lowest BCUT2D eigenvalue weighted by atomic mass is 9.90. The predicted molar refractivity (Wildman–Crippen MR) is 92.4 cm³/mol. The molecule has 0 radical (unpaired) electrons. The van der Waals surface area contributed by atoms with Crippen molar-refractivity contribution in [2.24, 2.45) is 5.92 Å². The van der Waals surface area contributed by atoms with Crippen LogP contribution in [0.2, 0.25) is 0 Å². The number of likely N-dealkylation sites (N-methyl/N-ethyl adjacent to an activating group) is 2. The molecule has 0 aliphatic heterocycles. The first-order chi connectivity index (χ1) is 10.3. The third-order valence-electron chi connectivity index (χ3n) is 3.72. The molecule has 0 heterocycles. The topological polar surface area (TPSA) is 41.1 Å². The molecule has 3 nitrogen and oxygen atoms in total. The van der Waals surface area contributed by atoms with Crippen LogP contribution >= 0.6 is 15.9 Å². The molecule has 0 unspecified atom stereocenters. The lowest BCUT2D eigenvalue weighted by Gasteiger charge is -2.19. The van der Waals surface area contributed by atoms with Crippen molar-refractivity contribution in [3.63, 3.8) is 0 Å². The van der Waals surface area contributed by atoms with E-state index in [0.717, 1.165) is 21.2 Å². The van der Waals surface area contributed by atoms with Crippen LogP contribution in [0, 0.1) is 18.7 Å². The molecule has 0 fully saturated rings. The van der Waals surface area contributed by atoms with Gasteiger partial charge in [0.05, 0.1) is 0 Å². The third kappa shape index (κ3) is 4.40. The van der Waals surface area contributed by atoms with Gasteiger partial charge in [-0.1, -0.05) is 41.4 Å². The highest BCUT2D eigenvalue weighted by molar-refractivity contribution is 9.10. The van der Waals surface area contributed by atoms with E-state index in [4.69, 9.17) is 0 Å². The van der Waals surface area contributed by atoms with Crippen molar-refractivity contribution in [1.82, 2.24) is 10.6 Å². The lowest BCUT2D eigenvalue weighted by molar-refractivity contribution is -0.117. The summed E-state index contributed by atoms with van der Waals surface area (Å²) in [6, 6.07) is 3.25. The SMILES string of the molecule is CNC/C(C(=O)NC)=C(/Cc1ccc(F)c(C)c1Br)C(C)C. The number of carbonyl (C=O) groups is 1. The Morgan fingerprint density at radius 2 is 1.95 bits per heavy atom. The molecule has 1 rings (SSSR count). The van der Waals surface area contributed by atoms with Crippen LogP contribution in [0.1, 0.15) is 25.0 Å². The normalized spacial score (nSPS) is 12.4. The van der Waals surface area contributed by atoms with E-state index >= 15 is 0 Å². The Bertz CT molecular complexity index is 582. The van der Waals surface area contributed by atoms with Crippen LogP contribution in [0.25, 0.3) is 0 Å². The van der Waals surface area contributed by atoms with E-state index in [0.29, 0.717) is 18.5 Å². The number of nitrogens with one attached hydrogen (secondary N) is 2. The number of benzene rings is 1. The molecule has 0 aliphatic carbocycles. The van der Waals surface area contributed by atoms with Crippen molar-refractivity contribution in [2.75, 3.05) is 20.6 Å². The van der Waals surface area contributed by atoms with Gasteiger partial charge in [0.25, 0.3) is 0 Å². The molecule has 1 aromatic carbocycles. The van der Waals surface area contributed by atoms with Crippen molar-refractivity contribution >= 4 is 21.8 Å². The van der Waals surface area contributed by atoms with Crippen LogP contribution in [-0.4, -0.2) is 26.5 Å². The molecular weight excluding hydrogens is 347 g/mol. The summed E-state index contributed by atoms with van der Waals surface area (Å²) in [7, 11) is 3.45. The summed E-state index contributed by atoms with van der Waals surface area (Å²) >= 11 is 3.47. The van der Waals surface area contributed by atoms with Gasteiger partial charge in [0, 0.05) is 23.6 Å². The minimum atomic E-state index is -0.229. The van der Waals surface area contributed by atoms with Crippen LogP contribution in [-0.2, 0) is 11.2 Å². The van der Waals surface area contributed by atoms with Gasteiger partial charge < -0.3 is 10.6 Å². The second-order valence-corrected chi connectivity index (χ2v) is 6.38. The number of carbonyl (C=O) groups excluding carboxylic acids is 1. The van der Waals surface area contributed by atoms with Crippen LogP contribution < -0.4 is 10.6 Å². The van der Waals surface area contributed by atoms with Crippen molar-refractivity contribution < 1.29 is 9.18 Å². The molecule has 5 heteroatoms. The molecule has 0 atom stereocenters. The van der Waals surface area contributed by atoms with Gasteiger partial charge in [0.15, 0.2) is 0 Å². The summed E-state index contributed by atoms with van der Waals surface area (Å²) in [4.78, 5) is 12.2. The van der Waals surface area contributed by atoms with E-state index in [9.17, 15) is 9.18 Å². The first kappa shape index (κ1) is 18.8. The molecule has 1 aromatic rings. The summed E-state index contributed by atoms with van der Waals surface area (Å²) < 4.78 is 14.4. The summed E-state index contributed by atoms with van der Waals surface area (Å²) in [5.74, 6) is -0.0848. The Morgan fingerprint density at radius 1 is 1.32 bits per heavy atom. The Kier molecular flexibility index (Phi) is 7.23. The molecule has 1 amide bonds. The molecular formula is C17H24BrFN2O. The molecule has 0 aliphatic rings. The average Bonchev–Trinajstić information content (AvgIpc) is 2.49. The highest BCUT2D eigenvalue weighted by atomic mass is 79.9. The monoisotopic (exact) mass is 370 g/mol. The number of hydrogen-bond acceptors (Lipinski definition) is 2. The Morgan fingerprint density at radius 3 is 2.45 bits per heavy atom. The Balaban J connectivity index is 3.32. The van der Waals surface area contributed by atoms with Gasteiger partial charge >= 0.3 is 0 Å². The zero-order valence-corrected chi connectivity index (χ0v) is 15.4. The second-order valence-electron chi connectivity index (χ2n) is 5.59. The maximum absolute atomic E-state index is 13.6. The van der Waals surface area contributed by atoms with Crippen LogP contribution in [0.15, 0.2) is 27.8 Å². The molecule has 0 saturated carbocycles. The van der Waals surface area contributed by atoms with Gasteiger partial charge in [-0.3, -0.25) is 4.79 Å². The maximum atomic E-state index is 13.6. The van der Waals surface area contributed by atoms with Gasteiger partial charge in [0.2, 0.25) is 5.91 Å². The molecule has 0 aromatic heterocycles. The van der Waals surface area contributed by atoms with E-state index in [1.807, 2.05) is 7.05 Å². The Hall–Kier alpha value is -1.20. The maximum Gasteiger partial charge on any atom is 0.248 e. The van der Waals surface area contributed by atoms with Gasteiger partial charge in [-0.05, 0) is 43.5 Å². The van der Waals surface area contributed by atoms with Crippen LogP contribution in [0.3, 0.4) is 0 Å². The quantitative estimate of drug-likeness (QED) is 0.753. The molecule has 22 heavy (non-hydrogen) atoms. The molecule has 0 spiro atoms. The van der Waals surface area contributed by atoms with Gasteiger partial charge in [-0.25, -0.2) is 4.39 Å². The second kappa shape index (κ2) is 8.44. The minimum absolute atomic E-state index is 0.0759. The minimum Gasteiger partial charge on any atom is -0.355 e. The standard InChI is InChI=1S/C17H24BrFN2O/c1-10(2)13(14(9-20-4)17(22)21-5)8-12-6-7-15(19)11(3)16(12)18/h6-7,10,20H,8-9H2,1-5H3,(H,21,22)/b14-13+. The summed E-state index contributed by atoms with van der Waals surface area (Å²) in [5, 5.41) is 5.75. The fraction of sp³-hybridized carbons (Fsp3) is 0.471. The van der Waals surface area contributed by atoms with Crippen LogP contribution in [0.5, 0.6) is 0 Å². The summed E-state index contributed by atoms with van der Waals surface area (Å²) in [6.07, 6.45) is 0.615. The van der Waals surface area contributed by atoms with E-state index in [2.05, 4.69) is 40.4 Å². The van der Waals surface area contributed by atoms with Gasteiger partial charge in [-0.2, -0.15) is 0 Å². The first-order valence-corrected chi connectivity index (χ1v) is 8.14. The fourth-order valence-electron chi connectivity index (χ4n) is 2.39. The number of hydrogen-bond donors (Lipinski definition) is 2. The highest BCUT2D eigenvalue weighted by Crippen LogP contribution is 2.28. The molecule has 0 bridgehead atoms. The zero-order valence-electron chi connectivity index (χ0n) is 13.8. The van der Waals surface area contributed by atoms with Gasteiger partial charge in [0.1, 0.15) is 5.82 Å². The average molecular weight is 371 g/mol. The lowest BCUT2D eigenvalue weighted by Crippen LogP contribution is -2.29. The largest absolute Gasteiger partial charge is 0.355 e. The number of rotatable bonds is 6. The molecule has 2 N–H and O–H groups in total. The smallest absolute Gasteiger partial charge is 0.248 e. The van der Waals surface area contributed by atoms with E-state index in [-0.39, 0.29) is 17.6 Å². The summed E-state index contributed by atoms with van der Waals surface area (Å²) in [5.41, 5.74) is 3.38. The van der Waals surface area contributed by atoms with Crippen molar-refractivity contribution in [3.05, 3.63) is 44.7 Å². The molecule has 0 saturated heterocycles.